The molecule has 2 aromatic rings. The third kappa shape index (κ3) is 3.38. The maximum Gasteiger partial charge on any atom is 0.237 e. The van der Waals surface area contributed by atoms with Crippen LogP contribution in [0.1, 0.15) is 6.92 Å². The molecule has 1 aromatic carbocycles. The molecule has 0 unspecified atom stereocenters. The number of rotatable bonds is 5. The molecule has 1 aromatic heterocycles. The van der Waals surface area contributed by atoms with E-state index in [1.54, 1.807) is 18.1 Å². The number of carbonyl (C=O) groups excluding carboxylic acids is 1. The summed E-state index contributed by atoms with van der Waals surface area (Å²) in [5.41, 5.74) is 0.909. The lowest BCUT2D eigenvalue weighted by Gasteiger charge is -2.16. The van der Waals surface area contributed by atoms with Crippen molar-refractivity contribution in [3.05, 3.63) is 42.7 Å². The Morgan fingerprint density at radius 1 is 1.37 bits per heavy atom. The van der Waals surface area contributed by atoms with Crippen molar-refractivity contribution < 1.29 is 4.79 Å². The molecule has 0 aliphatic rings. The van der Waals surface area contributed by atoms with Gasteiger partial charge in [-0.25, -0.2) is 4.98 Å². The molecule has 1 heterocycles. The van der Waals surface area contributed by atoms with Crippen LogP contribution in [0.2, 0.25) is 0 Å². The van der Waals surface area contributed by atoms with E-state index in [0.717, 1.165) is 17.4 Å². The topological polar surface area (TPSA) is 38.1 Å². The van der Waals surface area contributed by atoms with E-state index in [-0.39, 0.29) is 5.91 Å². The Morgan fingerprint density at radius 2 is 2.11 bits per heavy atom. The molecule has 4 nitrogen and oxygen atoms in total. The number of thioether (sulfide) groups is 1. The minimum atomic E-state index is 0.0712. The number of benzene rings is 1. The summed E-state index contributed by atoms with van der Waals surface area (Å²) in [7, 11) is 1.80. The van der Waals surface area contributed by atoms with E-state index in [4.69, 9.17) is 0 Å². The second kappa shape index (κ2) is 6.43. The van der Waals surface area contributed by atoms with Crippen molar-refractivity contribution in [1.82, 2.24) is 9.55 Å². The van der Waals surface area contributed by atoms with E-state index >= 15 is 0 Å². The van der Waals surface area contributed by atoms with Crippen LogP contribution in [0.4, 0.5) is 5.69 Å². The Bertz CT molecular complexity index is 539. The van der Waals surface area contributed by atoms with Crippen molar-refractivity contribution >= 4 is 23.4 Å². The number of amides is 1. The maximum absolute atomic E-state index is 12.1. The number of anilines is 1. The smallest absolute Gasteiger partial charge is 0.237 e. The van der Waals surface area contributed by atoms with E-state index in [1.807, 2.05) is 41.1 Å². The SMILES string of the molecule is CCn1ccnc1SCC(=O)N(C)c1ccccc1. The molecule has 0 N–H and O–H groups in total. The first-order chi connectivity index (χ1) is 9.22. The number of imidazole rings is 1. The van der Waals surface area contributed by atoms with Gasteiger partial charge in [0.25, 0.3) is 0 Å². The third-order valence-corrected chi connectivity index (χ3v) is 3.85. The summed E-state index contributed by atoms with van der Waals surface area (Å²) < 4.78 is 2.03. The van der Waals surface area contributed by atoms with Crippen molar-refractivity contribution in [1.29, 1.82) is 0 Å². The quantitative estimate of drug-likeness (QED) is 0.787. The van der Waals surface area contributed by atoms with Crippen molar-refractivity contribution in [2.75, 3.05) is 17.7 Å². The molecule has 0 saturated heterocycles. The molecule has 0 spiro atoms. The predicted octanol–water partition coefficient (Wildman–Crippen LogP) is 2.66. The van der Waals surface area contributed by atoms with Crippen LogP contribution in [0.3, 0.4) is 0 Å². The van der Waals surface area contributed by atoms with Gasteiger partial charge in [0.05, 0.1) is 5.75 Å². The zero-order valence-corrected chi connectivity index (χ0v) is 11.9. The Kier molecular flexibility index (Phi) is 4.63. The molecule has 100 valence electrons. The zero-order chi connectivity index (χ0) is 13.7. The summed E-state index contributed by atoms with van der Waals surface area (Å²) in [4.78, 5) is 18.0. The molecule has 0 atom stereocenters. The summed E-state index contributed by atoms with van der Waals surface area (Å²) >= 11 is 1.47. The Labute approximate surface area is 117 Å². The summed E-state index contributed by atoms with van der Waals surface area (Å²) in [6, 6.07) is 9.64. The van der Waals surface area contributed by atoms with Crippen LogP contribution in [0.25, 0.3) is 0 Å². The lowest BCUT2D eigenvalue weighted by molar-refractivity contribution is -0.115. The molecule has 2 rings (SSSR count). The van der Waals surface area contributed by atoms with E-state index < -0.39 is 0 Å². The number of aromatic nitrogens is 2. The molecule has 0 radical (unpaired) electrons. The third-order valence-electron chi connectivity index (χ3n) is 2.86. The minimum Gasteiger partial charge on any atom is -0.326 e. The average molecular weight is 275 g/mol. The Balaban J connectivity index is 1.95. The summed E-state index contributed by atoms with van der Waals surface area (Å²) in [5, 5.41) is 0.886. The number of carbonyl (C=O) groups is 1. The van der Waals surface area contributed by atoms with Gasteiger partial charge in [0.2, 0.25) is 5.91 Å². The molecular formula is C14H17N3OS. The van der Waals surface area contributed by atoms with E-state index in [0.29, 0.717) is 5.75 Å². The fourth-order valence-corrected chi connectivity index (χ4v) is 2.63. The summed E-state index contributed by atoms with van der Waals surface area (Å²) in [6.45, 7) is 2.93. The first-order valence-electron chi connectivity index (χ1n) is 6.18. The first kappa shape index (κ1) is 13.7. The second-order valence-corrected chi connectivity index (χ2v) is 5.02. The number of nitrogens with zero attached hydrogens (tertiary/aromatic N) is 3. The van der Waals surface area contributed by atoms with Crippen LogP contribution >= 0.6 is 11.8 Å². The van der Waals surface area contributed by atoms with Crippen molar-refractivity contribution in [2.24, 2.45) is 0 Å². The Hall–Kier alpha value is -1.75. The standard InChI is InChI=1S/C14H17N3OS/c1-3-17-10-9-15-14(17)19-11-13(18)16(2)12-7-5-4-6-8-12/h4-10H,3,11H2,1-2H3. The number of para-hydroxylation sites is 1. The van der Waals surface area contributed by atoms with Crippen LogP contribution < -0.4 is 4.90 Å². The fraction of sp³-hybridized carbons (Fsp3) is 0.286. The van der Waals surface area contributed by atoms with Gasteiger partial charge >= 0.3 is 0 Å². The number of hydrogen-bond acceptors (Lipinski definition) is 3. The van der Waals surface area contributed by atoms with Gasteiger partial charge in [0.15, 0.2) is 5.16 Å². The van der Waals surface area contributed by atoms with E-state index in [9.17, 15) is 4.79 Å². The van der Waals surface area contributed by atoms with Crippen LogP contribution in [-0.4, -0.2) is 28.3 Å². The van der Waals surface area contributed by atoms with Crippen LogP contribution in [-0.2, 0) is 11.3 Å². The van der Waals surface area contributed by atoms with Gasteiger partial charge < -0.3 is 9.47 Å². The number of hydrogen-bond donors (Lipinski definition) is 0. The normalized spacial score (nSPS) is 10.4. The van der Waals surface area contributed by atoms with Gasteiger partial charge in [-0.15, -0.1) is 0 Å². The van der Waals surface area contributed by atoms with Crippen molar-refractivity contribution in [3.63, 3.8) is 0 Å². The molecule has 0 fully saturated rings. The summed E-state index contributed by atoms with van der Waals surface area (Å²) in [5.74, 6) is 0.462. The Morgan fingerprint density at radius 3 is 2.79 bits per heavy atom. The van der Waals surface area contributed by atoms with Crippen molar-refractivity contribution in [3.8, 4) is 0 Å². The van der Waals surface area contributed by atoms with E-state index in [2.05, 4.69) is 11.9 Å². The molecule has 0 saturated carbocycles. The molecule has 0 bridgehead atoms. The fourth-order valence-electron chi connectivity index (χ4n) is 1.70. The predicted molar refractivity (Wildman–Crippen MR) is 78.5 cm³/mol. The molecule has 1 amide bonds. The lowest BCUT2D eigenvalue weighted by atomic mass is 10.3. The van der Waals surface area contributed by atoms with Gasteiger partial charge in [-0.2, -0.15) is 0 Å². The highest BCUT2D eigenvalue weighted by Crippen LogP contribution is 2.18. The second-order valence-electron chi connectivity index (χ2n) is 4.07. The zero-order valence-electron chi connectivity index (χ0n) is 11.1. The largest absolute Gasteiger partial charge is 0.326 e. The molecule has 0 aliphatic carbocycles. The number of aryl methyl sites for hydroxylation is 1. The van der Waals surface area contributed by atoms with Crippen molar-refractivity contribution in [2.45, 2.75) is 18.6 Å². The van der Waals surface area contributed by atoms with Crippen LogP contribution in [0, 0.1) is 0 Å². The van der Waals surface area contributed by atoms with Gasteiger partial charge in [-0.05, 0) is 19.1 Å². The highest BCUT2D eigenvalue weighted by Gasteiger charge is 2.12. The monoisotopic (exact) mass is 275 g/mol. The highest BCUT2D eigenvalue weighted by atomic mass is 32.2. The van der Waals surface area contributed by atoms with Crippen LogP contribution in [0.15, 0.2) is 47.9 Å². The summed E-state index contributed by atoms with van der Waals surface area (Å²) in [6.07, 6.45) is 3.69. The molecule has 19 heavy (non-hydrogen) atoms. The van der Waals surface area contributed by atoms with E-state index in [1.165, 1.54) is 11.8 Å². The van der Waals surface area contributed by atoms with Gasteiger partial charge in [0.1, 0.15) is 0 Å². The van der Waals surface area contributed by atoms with Gasteiger partial charge in [-0.3, -0.25) is 4.79 Å². The van der Waals surface area contributed by atoms with Gasteiger partial charge in [0, 0.05) is 31.7 Å². The highest BCUT2D eigenvalue weighted by molar-refractivity contribution is 7.99. The first-order valence-corrected chi connectivity index (χ1v) is 7.16. The lowest BCUT2D eigenvalue weighted by Crippen LogP contribution is -2.27. The van der Waals surface area contributed by atoms with Crippen LogP contribution in [0.5, 0.6) is 0 Å². The van der Waals surface area contributed by atoms with Gasteiger partial charge in [-0.1, -0.05) is 30.0 Å². The average Bonchev–Trinajstić information content (AvgIpc) is 2.92. The molecular weight excluding hydrogens is 258 g/mol. The molecule has 0 aliphatic heterocycles. The minimum absolute atomic E-state index is 0.0712. The maximum atomic E-state index is 12.1. The molecule has 5 heteroatoms.